The third kappa shape index (κ3) is 4.69. The molecule has 6 nitrogen and oxygen atoms in total. The molecule has 7 heteroatoms. The third-order valence-electron chi connectivity index (χ3n) is 4.12. The van der Waals surface area contributed by atoms with Crippen LogP contribution in [0.1, 0.15) is 29.3 Å². The van der Waals surface area contributed by atoms with Crippen molar-refractivity contribution >= 4 is 23.3 Å². The van der Waals surface area contributed by atoms with Crippen molar-refractivity contribution in [2.45, 2.75) is 25.9 Å². The van der Waals surface area contributed by atoms with Gasteiger partial charge in [0.2, 0.25) is 11.7 Å². The van der Waals surface area contributed by atoms with Crippen molar-refractivity contribution < 1.29 is 28.2 Å². The highest BCUT2D eigenvalue weighted by Gasteiger charge is 2.20. The Labute approximate surface area is 155 Å². The first-order valence-corrected chi connectivity index (χ1v) is 8.47. The quantitative estimate of drug-likeness (QED) is 0.624. The van der Waals surface area contributed by atoms with Crippen LogP contribution in [0, 0.1) is 5.82 Å². The van der Waals surface area contributed by atoms with Gasteiger partial charge in [0.25, 0.3) is 0 Å². The zero-order valence-electron chi connectivity index (χ0n) is 14.7. The molecular formula is C20H18FNO5. The van der Waals surface area contributed by atoms with E-state index in [9.17, 15) is 18.8 Å². The maximum atomic E-state index is 13.2. The molecule has 0 aromatic heterocycles. The summed E-state index contributed by atoms with van der Waals surface area (Å²) in [6.45, 7) is 1.05. The minimum Gasteiger partial charge on any atom is -0.482 e. The highest BCUT2D eigenvalue weighted by molar-refractivity contribution is 6.00. The molecule has 0 aliphatic carbocycles. The predicted octanol–water partition coefficient (Wildman–Crippen LogP) is 2.90. The van der Waals surface area contributed by atoms with Crippen LogP contribution in [0.15, 0.2) is 42.5 Å². The van der Waals surface area contributed by atoms with Crippen molar-refractivity contribution in [1.82, 2.24) is 0 Å². The van der Waals surface area contributed by atoms with Crippen molar-refractivity contribution in [3.8, 4) is 5.75 Å². The number of fused-ring (bicyclic) bond motifs is 1. The first-order chi connectivity index (χ1) is 12.9. The van der Waals surface area contributed by atoms with Crippen LogP contribution in [0.25, 0.3) is 0 Å². The Hall–Kier alpha value is -3.22. The molecule has 3 rings (SSSR count). The van der Waals surface area contributed by atoms with Gasteiger partial charge in [-0.1, -0.05) is 12.1 Å². The summed E-state index contributed by atoms with van der Waals surface area (Å²) >= 11 is 0. The van der Waals surface area contributed by atoms with Crippen molar-refractivity contribution in [2.24, 2.45) is 0 Å². The second-order valence-corrected chi connectivity index (χ2v) is 6.16. The first-order valence-electron chi connectivity index (χ1n) is 8.47. The van der Waals surface area contributed by atoms with Crippen molar-refractivity contribution in [2.75, 3.05) is 11.9 Å². The SMILES string of the molecule is CC(OC(=O)COc1ccc2c(c1)CCC(=O)N2)C(=O)c1cccc(F)c1. The fourth-order valence-electron chi connectivity index (χ4n) is 2.75. The number of ketones is 1. The molecular weight excluding hydrogens is 353 g/mol. The Morgan fingerprint density at radius 3 is 2.78 bits per heavy atom. The van der Waals surface area contributed by atoms with Crippen molar-refractivity contribution in [1.29, 1.82) is 0 Å². The molecule has 1 N–H and O–H groups in total. The molecule has 0 saturated carbocycles. The second kappa shape index (κ2) is 7.99. The van der Waals surface area contributed by atoms with Gasteiger partial charge in [0.1, 0.15) is 11.6 Å². The van der Waals surface area contributed by atoms with E-state index in [4.69, 9.17) is 9.47 Å². The van der Waals surface area contributed by atoms with Crippen LogP contribution >= 0.6 is 0 Å². The van der Waals surface area contributed by atoms with E-state index in [-0.39, 0.29) is 18.1 Å². The second-order valence-electron chi connectivity index (χ2n) is 6.16. The molecule has 0 spiro atoms. The van der Waals surface area contributed by atoms with E-state index in [2.05, 4.69) is 5.32 Å². The number of hydrogen-bond donors (Lipinski definition) is 1. The number of esters is 1. The van der Waals surface area contributed by atoms with Crippen LogP contribution in [0.2, 0.25) is 0 Å². The van der Waals surface area contributed by atoms with Crippen molar-refractivity contribution in [3.05, 3.63) is 59.4 Å². The molecule has 1 unspecified atom stereocenters. The van der Waals surface area contributed by atoms with Gasteiger partial charge in [0.05, 0.1) is 0 Å². The summed E-state index contributed by atoms with van der Waals surface area (Å²) in [5, 5.41) is 2.76. The summed E-state index contributed by atoms with van der Waals surface area (Å²) in [7, 11) is 0. The molecule has 140 valence electrons. The number of aryl methyl sites for hydroxylation is 1. The lowest BCUT2D eigenvalue weighted by atomic mass is 10.0. The van der Waals surface area contributed by atoms with E-state index in [1.165, 1.54) is 25.1 Å². The summed E-state index contributed by atoms with van der Waals surface area (Å²) in [4.78, 5) is 35.5. The van der Waals surface area contributed by atoms with Gasteiger partial charge in [-0.15, -0.1) is 0 Å². The fourth-order valence-corrected chi connectivity index (χ4v) is 2.75. The monoisotopic (exact) mass is 371 g/mol. The molecule has 27 heavy (non-hydrogen) atoms. The zero-order valence-corrected chi connectivity index (χ0v) is 14.7. The van der Waals surface area contributed by atoms with Crippen LogP contribution < -0.4 is 10.1 Å². The highest BCUT2D eigenvalue weighted by Crippen LogP contribution is 2.26. The van der Waals surface area contributed by atoms with E-state index in [1.807, 2.05) is 0 Å². The maximum Gasteiger partial charge on any atom is 0.344 e. The van der Waals surface area contributed by atoms with E-state index in [0.29, 0.717) is 18.6 Å². The minimum absolute atomic E-state index is 0.0308. The van der Waals surface area contributed by atoms with Gasteiger partial charge in [0.15, 0.2) is 12.7 Å². The van der Waals surface area contributed by atoms with E-state index in [1.54, 1.807) is 18.2 Å². The summed E-state index contributed by atoms with van der Waals surface area (Å²) in [6.07, 6.45) is -0.0538. The Balaban J connectivity index is 1.53. The summed E-state index contributed by atoms with van der Waals surface area (Å²) < 4.78 is 23.7. The van der Waals surface area contributed by atoms with Crippen LogP contribution in [-0.4, -0.2) is 30.4 Å². The molecule has 2 aromatic rings. The molecule has 1 amide bonds. The number of carbonyl (C=O) groups excluding carboxylic acids is 3. The number of halogens is 1. The number of nitrogens with one attached hydrogen (secondary N) is 1. The lowest BCUT2D eigenvalue weighted by Gasteiger charge is -2.18. The van der Waals surface area contributed by atoms with Crippen LogP contribution in [0.5, 0.6) is 5.75 Å². The van der Waals surface area contributed by atoms with E-state index >= 15 is 0 Å². The number of benzene rings is 2. The largest absolute Gasteiger partial charge is 0.482 e. The molecule has 0 fully saturated rings. The van der Waals surface area contributed by atoms with Gasteiger partial charge < -0.3 is 14.8 Å². The van der Waals surface area contributed by atoms with Gasteiger partial charge in [-0.3, -0.25) is 9.59 Å². The third-order valence-corrected chi connectivity index (χ3v) is 4.12. The Kier molecular flexibility index (Phi) is 5.49. The van der Waals surface area contributed by atoms with Crippen molar-refractivity contribution in [3.63, 3.8) is 0 Å². The summed E-state index contributed by atoms with van der Waals surface area (Å²) in [5.41, 5.74) is 1.79. The van der Waals surface area contributed by atoms with Gasteiger partial charge in [-0.05, 0) is 49.2 Å². The van der Waals surface area contributed by atoms with Gasteiger partial charge >= 0.3 is 5.97 Å². The van der Waals surface area contributed by atoms with E-state index < -0.39 is 23.7 Å². The molecule has 1 atom stereocenters. The minimum atomic E-state index is -1.05. The number of anilines is 1. The van der Waals surface area contributed by atoms with Crippen LogP contribution in [0.3, 0.4) is 0 Å². The summed E-state index contributed by atoms with van der Waals surface area (Å²) in [6, 6.07) is 10.3. The fraction of sp³-hybridized carbons (Fsp3) is 0.250. The lowest BCUT2D eigenvalue weighted by molar-refractivity contribution is -0.148. The van der Waals surface area contributed by atoms with Gasteiger partial charge in [-0.2, -0.15) is 0 Å². The molecule has 0 radical (unpaired) electrons. The standard InChI is InChI=1S/C20H18FNO5/c1-12(20(25)14-3-2-4-15(21)9-14)27-19(24)11-26-16-6-7-17-13(10-16)5-8-18(23)22-17/h2-4,6-7,9-10,12H,5,8,11H2,1H3,(H,22,23). The van der Waals surface area contributed by atoms with Gasteiger partial charge in [0, 0.05) is 17.7 Å². The average Bonchev–Trinajstić information content (AvgIpc) is 2.65. The van der Waals surface area contributed by atoms with Crippen LogP contribution in [0.4, 0.5) is 10.1 Å². The number of carbonyl (C=O) groups is 3. The normalized spacial score (nSPS) is 13.9. The smallest absolute Gasteiger partial charge is 0.344 e. The van der Waals surface area contributed by atoms with Crippen LogP contribution in [-0.2, 0) is 20.7 Å². The maximum absolute atomic E-state index is 13.2. The Morgan fingerprint density at radius 2 is 2.00 bits per heavy atom. The first kappa shape index (κ1) is 18.6. The number of ether oxygens (including phenoxy) is 2. The van der Waals surface area contributed by atoms with Gasteiger partial charge in [-0.25, -0.2) is 9.18 Å². The number of amides is 1. The molecule has 2 aromatic carbocycles. The Bertz CT molecular complexity index is 896. The topological polar surface area (TPSA) is 81.7 Å². The molecule has 0 saturated heterocycles. The highest BCUT2D eigenvalue weighted by atomic mass is 19.1. The average molecular weight is 371 g/mol. The molecule has 0 bridgehead atoms. The number of rotatable bonds is 6. The Morgan fingerprint density at radius 1 is 1.19 bits per heavy atom. The number of Topliss-reactive ketones (excluding diaryl/α,β-unsaturated/α-hetero) is 1. The molecule has 1 aliphatic rings. The zero-order chi connectivity index (χ0) is 19.4. The lowest BCUT2D eigenvalue weighted by Crippen LogP contribution is -2.27. The molecule has 1 heterocycles. The number of hydrogen-bond acceptors (Lipinski definition) is 5. The predicted molar refractivity (Wildman–Crippen MR) is 95.2 cm³/mol. The molecule has 1 aliphatic heterocycles. The van der Waals surface area contributed by atoms with E-state index in [0.717, 1.165) is 17.3 Å². The summed E-state index contributed by atoms with van der Waals surface area (Å²) in [5.74, 6) is -1.31.